The summed E-state index contributed by atoms with van der Waals surface area (Å²) in [5.41, 5.74) is 3.28. The highest BCUT2D eigenvalue weighted by Gasteiger charge is 2.09. The minimum Gasteiger partial charge on any atom is -0.361 e. The molecule has 0 spiro atoms. The van der Waals surface area contributed by atoms with E-state index in [2.05, 4.69) is 15.0 Å². The van der Waals surface area contributed by atoms with Gasteiger partial charge in [0.25, 0.3) is 0 Å². The minimum absolute atomic E-state index is 0.0132. The maximum Gasteiger partial charge on any atom is 0.232 e. The van der Waals surface area contributed by atoms with Crippen LogP contribution in [0.5, 0.6) is 0 Å². The Hall–Kier alpha value is -2.80. The SMILES string of the molecule is CCS(=O)(=O)Nc1ccc(NC(=O)CCc2c[nH]c3ccccc23)cc1. The third-order valence-corrected chi connectivity index (χ3v) is 5.43. The lowest BCUT2D eigenvalue weighted by Gasteiger charge is -2.08. The van der Waals surface area contributed by atoms with Crippen molar-refractivity contribution in [3.63, 3.8) is 0 Å². The van der Waals surface area contributed by atoms with Crippen molar-refractivity contribution >= 4 is 38.2 Å². The topological polar surface area (TPSA) is 91.1 Å². The molecule has 6 nitrogen and oxygen atoms in total. The maximum atomic E-state index is 12.2. The first-order valence-corrected chi connectivity index (χ1v) is 10.1. The highest BCUT2D eigenvalue weighted by molar-refractivity contribution is 7.92. The first kappa shape index (κ1) is 18.0. The number of H-pyrrole nitrogens is 1. The van der Waals surface area contributed by atoms with Crippen LogP contribution in [0, 0.1) is 0 Å². The summed E-state index contributed by atoms with van der Waals surface area (Å²) >= 11 is 0. The molecule has 0 fully saturated rings. The molecule has 136 valence electrons. The molecular formula is C19H21N3O3S. The number of carbonyl (C=O) groups is 1. The van der Waals surface area contributed by atoms with Crippen molar-refractivity contribution in [2.75, 3.05) is 15.8 Å². The number of sulfonamides is 1. The molecular weight excluding hydrogens is 350 g/mol. The fraction of sp³-hybridized carbons (Fsp3) is 0.211. The van der Waals surface area contributed by atoms with Crippen molar-refractivity contribution in [1.29, 1.82) is 0 Å². The van der Waals surface area contributed by atoms with Crippen LogP contribution in [0.4, 0.5) is 11.4 Å². The molecule has 1 aromatic heterocycles. The van der Waals surface area contributed by atoms with E-state index < -0.39 is 10.0 Å². The van der Waals surface area contributed by atoms with Crippen molar-refractivity contribution in [1.82, 2.24) is 4.98 Å². The number of carbonyl (C=O) groups excluding carboxylic acids is 1. The fourth-order valence-electron chi connectivity index (χ4n) is 2.68. The van der Waals surface area contributed by atoms with Gasteiger partial charge in [-0.25, -0.2) is 8.42 Å². The second-order valence-electron chi connectivity index (χ2n) is 5.99. The van der Waals surface area contributed by atoms with Gasteiger partial charge in [0.1, 0.15) is 0 Å². The zero-order valence-electron chi connectivity index (χ0n) is 14.5. The number of aryl methyl sites for hydroxylation is 1. The number of nitrogens with one attached hydrogen (secondary N) is 3. The van der Waals surface area contributed by atoms with Gasteiger partial charge in [0.15, 0.2) is 0 Å². The van der Waals surface area contributed by atoms with E-state index in [0.717, 1.165) is 16.5 Å². The van der Waals surface area contributed by atoms with Gasteiger partial charge in [-0.3, -0.25) is 9.52 Å². The molecule has 7 heteroatoms. The average Bonchev–Trinajstić information content (AvgIpc) is 3.05. The molecule has 1 amide bonds. The summed E-state index contributed by atoms with van der Waals surface area (Å²) in [5, 5.41) is 3.96. The molecule has 0 atom stereocenters. The van der Waals surface area contributed by atoms with Gasteiger partial charge in [-0.15, -0.1) is 0 Å². The predicted octanol–water partition coefficient (Wildman–Crippen LogP) is 3.50. The molecule has 0 aliphatic rings. The van der Waals surface area contributed by atoms with E-state index in [-0.39, 0.29) is 11.7 Å². The van der Waals surface area contributed by atoms with Gasteiger partial charge in [0.2, 0.25) is 15.9 Å². The van der Waals surface area contributed by atoms with E-state index in [1.54, 1.807) is 31.2 Å². The molecule has 0 bridgehead atoms. The Balaban J connectivity index is 1.56. The zero-order valence-corrected chi connectivity index (χ0v) is 15.3. The normalized spacial score (nSPS) is 11.4. The smallest absolute Gasteiger partial charge is 0.232 e. The molecule has 1 heterocycles. The molecule has 0 saturated heterocycles. The summed E-state index contributed by atoms with van der Waals surface area (Å²) in [4.78, 5) is 15.4. The molecule has 0 unspecified atom stereocenters. The number of aromatic nitrogens is 1. The Morgan fingerprint density at radius 3 is 2.46 bits per heavy atom. The Kier molecular flexibility index (Phi) is 5.27. The number of benzene rings is 2. The lowest BCUT2D eigenvalue weighted by molar-refractivity contribution is -0.116. The van der Waals surface area contributed by atoms with Gasteiger partial charge in [-0.1, -0.05) is 18.2 Å². The Labute approximate surface area is 152 Å². The van der Waals surface area contributed by atoms with Crippen molar-refractivity contribution in [2.45, 2.75) is 19.8 Å². The van der Waals surface area contributed by atoms with Crippen LogP contribution >= 0.6 is 0 Å². The molecule has 0 radical (unpaired) electrons. The number of rotatable bonds is 7. The summed E-state index contributed by atoms with van der Waals surface area (Å²) in [5.74, 6) is -0.0727. The van der Waals surface area contributed by atoms with Crippen LogP contribution in [0.25, 0.3) is 10.9 Å². The van der Waals surface area contributed by atoms with E-state index >= 15 is 0 Å². The van der Waals surface area contributed by atoms with Crippen molar-refractivity contribution < 1.29 is 13.2 Å². The number of para-hydroxylation sites is 1. The van der Waals surface area contributed by atoms with Crippen LogP contribution in [0.15, 0.2) is 54.7 Å². The van der Waals surface area contributed by atoms with Crippen molar-refractivity contribution in [3.05, 3.63) is 60.3 Å². The third kappa shape index (κ3) is 4.43. The fourth-order valence-corrected chi connectivity index (χ4v) is 3.32. The largest absolute Gasteiger partial charge is 0.361 e. The van der Waals surface area contributed by atoms with Crippen LogP contribution in [0.3, 0.4) is 0 Å². The number of amides is 1. The second kappa shape index (κ2) is 7.61. The predicted molar refractivity (Wildman–Crippen MR) is 105 cm³/mol. The van der Waals surface area contributed by atoms with E-state index in [1.807, 2.05) is 30.5 Å². The monoisotopic (exact) mass is 371 g/mol. The maximum absolute atomic E-state index is 12.2. The molecule has 3 rings (SSSR count). The quantitative estimate of drug-likeness (QED) is 0.594. The van der Waals surface area contributed by atoms with E-state index in [4.69, 9.17) is 0 Å². The number of hydrogen-bond acceptors (Lipinski definition) is 3. The molecule has 26 heavy (non-hydrogen) atoms. The van der Waals surface area contributed by atoms with Gasteiger partial charge in [-0.05, 0) is 49.2 Å². The summed E-state index contributed by atoms with van der Waals surface area (Å²) in [6.07, 6.45) is 2.95. The van der Waals surface area contributed by atoms with Gasteiger partial charge in [0.05, 0.1) is 5.75 Å². The van der Waals surface area contributed by atoms with E-state index in [1.165, 1.54) is 0 Å². The standard InChI is InChI=1S/C19H21N3O3S/c1-2-26(24,25)22-16-10-8-15(9-11-16)21-19(23)12-7-14-13-20-18-6-4-3-5-17(14)18/h3-6,8-11,13,20,22H,2,7,12H2,1H3,(H,21,23). The molecule has 0 aliphatic heterocycles. The van der Waals surface area contributed by atoms with E-state index in [0.29, 0.717) is 24.2 Å². The molecule has 3 aromatic rings. The number of hydrogen-bond donors (Lipinski definition) is 3. The second-order valence-corrected chi connectivity index (χ2v) is 8.00. The number of aromatic amines is 1. The average molecular weight is 371 g/mol. The van der Waals surface area contributed by atoms with Crippen molar-refractivity contribution in [3.8, 4) is 0 Å². The summed E-state index contributed by atoms with van der Waals surface area (Å²) < 4.78 is 25.5. The van der Waals surface area contributed by atoms with Crippen molar-refractivity contribution in [2.24, 2.45) is 0 Å². The molecule has 0 aliphatic carbocycles. The van der Waals surface area contributed by atoms with Crippen LogP contribution in [-0.4, -0.2) is 25.1 Å². The number of anilines is 2. The van der Waals surface area contributed by atoms with Gasteiger partial charge < -0.3 is 10.3 Å². The van der Waals surface area contributed by atoms with Gasteiger partial charge in [-0.2, -0.15) is 0 Å². The lowest BCUT2D eigenvalue weighted by atomic mass is 10.1. The third-order valence-electron chi connectivity index (χ3n) is 4.12. The van der Waals surface area contributed by atoms with Gasteiger partial charge >= 0.3 is 0 Å². The molecule has 0 saturated carbocycles. The Bertz CT molecular complexity index is 1010. The summed E-state index contributed by atoms with van der Waals surface area (Å²) in [6, 6.07) is 14.6. The Morgan fingerprint density at radius 2 is 1.73 bits per heavy atom. The first-order chi connectivity index (χ1) is 12.5. The number of fused-ring (bicyclic) bond motifs is 1. The van der Waals surface area contributed by atoms with E-state index in [9.17, 15) is 13.2 Å². The van der Waals surface area contributed by atoms with Crippen LogP contribution in [0.1, 0.15) is 18.9 Å². The highest BCUT2D eigenvalue weighted by atomic mass is 32.2. The van der Waals surface area contributed by atoms with Gasteiger partial charge in [0, 0.05) is 34.9 Å². The van der Waals surface area contributed by atoms with Crippen LogP contribution in [-0.2, 0) is 21.2 Å². The summed E-state index contributed by atoms with van der Waals surface area (Å²) in [7, 11) is -3.30. The lowest BCUT2D eigenvalue weighted by Crippen LogP contribution is -2.15. The molecule has 3 N–H and O–H groups in total. The first-order valence-electron chi connectivity index (χ1n) is 8.42. The summed E-state index contributed by atoms with van der Waals surface area (Å²) in [6.45, 7) is 1.57. The Morgan fingerprint density at radius 1 is 1.04 bits per heavy atom. The van der Waals surface area contributed by atoms with Crippen LogP contribution in [0.2, 0.25) is 0 Å². The minimum atomic E-state index is -3.30. The highest BCUT2D eigenvalue weighted by Crippen LogP contribution is 2.20. The molecule has 2 aromatic carbocycles. The van der Waals surface area contributed by atoms with Crippen LogP contribution < -0.4 is 10.0 Å². The zero-order chi connectivity index (χ0) is 18.6.